The summed E-state index contributed by atoms with van der Waals surface area (Å²) >= 11 is 6.10. The van der Waals surface area contributed by atoms with E-state index >= 15 is 0 Å². The summed E-state index contributed by atoms with van der Waals surface area (Å²) in [6, 6.07) is 11.2. The van der Waals surface area contributed by atoms with E-state index in [0.29, 0.717) is 29.3 Å². The fourth-order valence-corrected chi connectivity index (χ4v) is 5.47. The predicted molar refractivity (Wildman–Crippen MR) is 136 cm³/mol. The number of methoxy groups -OCH3 is 1. The molecule has 0 atom stereocenters. The Labute approximate surface area is 212 Å². The minimum Gasteiger partial charge on any atom is -0.486 e. The Hall–Kier alpha value is -3.63. The molecule has 9 nitrogen and oxygen atoms in total. The number of pyridine rings is 2. The van der Waals surface area contributed by atoms with Gasteiger partial charge in [-0.15, -0.1) is 0 Å². The second-order valence-electron chi connectivity index (χ2n) is 8.50. The number of hydrogen-bond acceptors (Lipinski definition) is 7. The topological polar surface area (TPSA) is 112 Å². The zero-order valence-corrected chi connectivity index (χ0v) is 20.9. The van der Waals surface area contributed by atoms with Gasteiger partial charge < -0.3 is 9.47 Å². The van der Waals surface area contributed by atoms with Crippen LogP contribution in [0.25, 0.3) is 16.8 Å². The molecule has 1 aromatic carbocycles. The van der Waals surface area contributed by atoms with E-state index in [-0.39, 0.29) is 32.8 Å². The van der Waals surface area contributed by atoms with Crippen LogP contribution in [-0.4, -0.2) is 36.5 Å². The quantitative estimate of drug-likeness (QED) is 0.362. The molecule has 1 aliphatic rings. The fourth-order valence-electron chi connectivity index (χ4n) is 3.90. The first kappa shape index (κ1) is 24.1. The zero-order valence-electron chi connectivity index (χ0n) is 19.3. The van der Waals surface area contributed by atoms with Crippen LogP contribution in [0, 0.1) is 5.92 Å². The first-order valence-electron chi connectivity index (χ1n) is 11.3. The summed E-state index contributed by atoms with van der Waals surface area (Å²) < 4.78 is 40.9. The number of fused-ring (bicyclic) bond motifs is 1. The van der Waals surface area contributed by atoms with Crippen LogP contribution in [0.5, 0.6) is 11.6 Å². The lowest BCUT2D eigenvalue weighted by molar-refractivity contribution is 0.178. The maximum Gasteiger partial charge on any atom is 0.300 e. The molecule has 1 aliphatic carbocycles. The average molecular weight is 527 g/mol. The Bertz CT molecular complexity index is 1600. The number of sulfonamides is 1. The first-order chi connectivity index (χ1) is 17.4. The van der Waals surface area contributed by atoms with Gasteiger partial charge in [-0.2, -0.15) is 0 Å². The van der Waals surface area contributed by atoms with E-state index in [1.807, 2.05) is 0 Å². The molecule has 186 valence electrons. The highest BCUT2D eigenvalue weighted by molar-refractivity contribution is 7.92. The maximum atomic E-state index is 13.0. The van der Waals surface area contributed by atoms with E-state index in [4.69, 9.17) is 21.1 Å². The van der Waals surface area contributed by atoms with Crippen LogP contribution in [-0.2, 0) is 10.0 Å². The predicted octanol–water partition coefficient (Wildman–Crippen LogP) is 4.40. The third-order valence-electron chi connectivity index (χ3n) is 6.12. The van der Waals surface area contributed by atoms with Crippen molar-refractivity contribution < 1.29 is 17.9 Å². The number of ether oxygens (including phenoxy) is 2. The molecule has 0 saturated heterocycles. The van der Waals surface area contributed by atoms with Gasteiger partial charge >= 0.3 is 0 Å². The second kappa shape index (κ2) is 9.79. The van der Waals surface area contributed by atoms with Crippen molar-refractivity contribution in [3.63, 3.8) is 0 Å². The standard InChI is InChI=1S/C25H23ClN4O5S/c1-34-24-20(29-36(32,33)22-8-3-2-7-19(22)26)11-18(12-28-24)17-9-10-23-27-13-21(25(31)30(23)14-17)35-15-16-5-4-6-16/h2-3,7-14,16,29H,4-6,15H2,1H3. The largest absolute Gasteiger partial charge is 0.486 e. The Morgan fingerprint density at radius 1 is 1.11 bits per heavy atom. The van der Waals surface area contributed by atoms with E-state index in [1.54, 1.807) is 36.5 Å². The zero-order chi connectivity index (χ0) is 25.3. The Morgan fingerprint density at radius 3 is 2.64 bits per heavy atom. The highest BCUT2D eigenvalue weighted by atomic mass is 35.5. The van der Waals surface area contributed by atoms with Crippen LogP contribution in [0.1, 0.15) is 19.3 Å². The van der Waals surface area contributed by atoms with Crippen molar-refractivity contribution in [3.05, 3.63) is 76.4 Å². The number of nitrogens with one attached hydrogen (secondary N) is 1. The Morgan fingerprint density at radius 2 is 1.92 bits per heavy atom. The lowest BCUT2D eigenvalue weighted by atomic mass is 9.86. The highest BCUT2D eigenvalue weighted by Gasteiger charge is 2.21. The number of nitrogens with zero attached hydrogens (tertiary/aromatic N) is 3. The smallest absolute Gasteiger partial charge is 0.300 e. The molecule has 0 aliphatic heterocycles. The van der Waals surface area contributed by atoms with Crippen molar-refractivity contribution >= 4 is 33.0 Å². The van der Waals surface area contributed by atoms with Gasteiger partial charge in [0.25, 0.3) is 15.6 Å². The van der Waals surface area contributed by atoms with Gasteiger partial charge in [0.1, 0.15) is 16.2 Å². The summed E-state index contributed by atoms with van der Waals surface area (Å²) in [5.74, 6) is 0.757. The van der Waals surface area contributed by atoms with Crippen LogP contribution < -0.4 is 19.8 Å². The van der Waals surface area contributed by atoms with Gasteiger partial charge in [-0.05, 0) is 49.1 Å². The van der Waals surface area contributed by atoms with Crippen molar-refractivity contribution in [2.45, 2.75) is 24.2 Å². The van der Waals surface area contributed by atoms with Gasteiger partial charge in [0.15, 0.2) is 0 Å². The molecule has 4 aromatic rings. The minimum atomic E-state index is -4.02. The molecule has 5 rings (SSSR count). The normalized spacial score (nSPS) is 13.8. The highest BCUT2D eigenvalue weighted by Crippen LogP contribution is 2.31. The molecule has 1 N–H and O–H groups in total. The molecule has 1 fully saturated rings. The number of hydrogen-bond donors (Lipinski definition) is 1. The van der Waals surface area contributed by atoms with Crippen LogP contribution >= 0.6 is 11.6 Å². The van der Waals surface area contributed by atoms with Gasteiger partial charge in [0.2, 0.25) is 11.6 Å². The van der Waals surface area contributed by atoms with E-state index in [2.05, 4.69) is 14.7 Å². The van der Waals surface area contributed by atoms with E-state index in [1.165, 1.54) is 42.5 Å². The Kier molecular flexibility index (Phi) is 6.55. The third kappa shape index (κ3) is 4.74. The summed E-state index contributed by atoms with van der Waals surface area (Å²) in [4.78, 5) is 21.5. The molecule has 11 heteroatoms. The molecule has 36 heavy (non-hydrogen) atoms. The summed E-state index contributed by atoms with van der Waals surface area (Å²) in [5, 5.41) is 0.0878. The summed E-state index contributed by atoms with van der Waals surface area (Å²) in [7, 11) is -2.63. The number of benzene rings is 1. The lowest BCUT2D eigenvalue weighted by Gasteiger charge is -2.24. The minimum absolute atomic E-state index is 0.0723. The molecular formula is C25H23ClN4O5S. The molecule has 0 bridgehead atoms. The van der Waals surface area contributed by atoms with E-state index in [0.717, 1.165) is 12.8 Å². The van der Waals surface area contributed by atoms with Gasteiger partial charge in [-0.25, -0.2) is 18.4 Å². The number of aromatic nitrogens is 3. The van der Waals surface area contributed by atoms with Gasteiger partial charge in [0, 0.05) is 23.5 Å². The van der Waals surface area contributed by atoms with E-state index < -0.39 is 10.0 Å². The summed E-state index contributed by atoms with van der Waals surface area (Å²) in [6.07, 6.45) is 8.02. The lowest BCUT2D eigenvalue weighted by Crippen LogP contribution is -2.23. The maximum absolute atomic E-state index is 13.0. The number of rotatable bonds is 8. The SMILES string of the molecule is COc1ncc(-c2ccc3ncc(OCC4CCC4)c(=O)n3c2)cc1NS(=O)(=O)c1ccccc1Cl. The summed E-state index contributed by atoms with van der Waals surface area (Å²) in [5.41, 5.74) is 1.44. The first-order valence-corrected chi connectivity index (χ1v) is 13.2. The van der Waals surface area contributed by atoms with Crippen molar-refractivity contribution in [1.82, 2.24) is 14.4 Å². The fraction of sp³-hybridized carbons (Fsp3) is 0.240. The van der Waals surface area contributed by atoms with Crippen LogP contribution in [0.2, 0.25) is 5.02 Å². The second-order valence-corrected chi connectivity index (χ2v) is 10.6. The molecular weight excluding hydrogens is 504 g/mol. The van der Waals surface area contributed by atoms with Crippen molar-refractivity contribution in [1.29, 1.82) is 0 Å². The van der Waals surface area contributed by atoms with Crippen LogP contribution in [0.4, 0.5) is 5.69 Å². The van der Waals surface area contributed by atoms with Gasteiger partial charge in [-0.3, -0.25) is 13.9 Å². The van der Waals surface area contributed by atoms with Crippen molar-refractivity contribution in [2.75, 3.05) is 18.4 Å². The van der Waals surface area contributed by atoms with Crippen LogP contribution in [0.3, 0.4) is 0 Å². The van der Waals surface area contributed by atoms with Gasteiger partial charge in [0.05, 0.1) is 24.9 Å². The van der Waals surface area contributed by atoms with Crippen molar-refractivity contribution in [3.8, 4) is 22.8 Å². The molecule has 0 radical (unpaired) electrons. The number of anilines is 1. The molecule has 0 spiro atoms. The third-order valence-corrected chi connectivity index (χ3v) is 7.98. The molecule has 3 aromatic heterocycles. The average Bonchev–Trinajstić information content (AvgIpc) is 2.84. The van der Waals surface area contributed by atoms with Gasteiger partial charge in [-0.1, -0.05) is 30.2 Å². The van der Waals surface area contributed by atoms with Crippen molar-refractivity contribution in [2.24, 2.45) is 5.92 Å². The molecule has 1 saturated carbocycles. The number of halogens is 1. The molecule has 0 unspecified atom stereocenters. The molecule has 3 heterocycles. The summed E-state index contributed by atoms with van der Waals surface area (Å²) in [6.45, 7) is 0.500. The Balaban J connectivity index is 1.49. The van der Waals surface area contributed by atoms with E-state index in [9.17, 15) is 13.2 Å². The van der Waals surface area contributed by atoms with Crippen LogP contribution in [0.15, 0.2) is 70.7 Å². The monoisotopic (exact) mass is 526 g/mol. The molecule has 0 amide bonds.